The molecule has 0 fully saturated rings. The van der Waals surface area contributed by atoms with Crippen molar-refractivity contribution in [3.05, 3.63) is 158 Å². The van der Waals surface area contributed by atoms with E-state index in [0.717, 1.165) is 199 Å². The fourth-order valence-electron chi connectivity index (χ4n) is 10.7. The van der Waals surface area contributed by atoms with Crippen LogP contribution >= 0.6 is 15.6 Å². The van der Waals surface area contributed by atoms with Crippen molar-refractivity contribution in [1.82, 2.24) is 0 Å². The van der Waals surface area contributed by atoms with E-state index in [1.54, 1.807) is 0 Å². The van der Waals surface area contributed by atoms with Gasteiger partial charge in [-0.3, -0.25) is 37.3 Å². The van der Waals surface area contributed by atoms with Gasteiger partial charge in [0.1, 0.15) is 19.3 Å². The van der Waals surface area contributed by atoms with Gasteiger partial charge in [0.15, 0.2) is 12.2 Å². The van der Waals surface area contributed by atoms with Crippen molar-refractivity contribution in [2.75, 3.05) is 39.6 Å². The Morgan fingerprint density at radius 2 is 0.491 bits per heavy atom. The Hall–Kier alpha value is -5.32. The minimum atomic E-state index is -5.01. The molecule has 0 aromatic rings. The number of unbranched alkanes of at least 4 members (excludes halogenated alkanes) is 25. The quantitative estimate of drug-likeness (QED) is 0.0169. The SMILES string of the molecule is CC/C=C\C/C=C\C/C=C\C/C=C\C/C=C\CCCC(=O)OC(COC(=O)CCCCCCCC/C=C\C/C=C\C/C=C\CCCCC)COP(=O)(O)OCC(O)COP(=O)(O)OCC(COC(=O)CCCCCCCCC/C=C\C/C=C\C/C=C\CC)OC(=O)CCCCCCC/C=C\C/C=C\CCCCC. The van der Waals surface area contributed by atoms with Crippen molar-refractivity contribution in [3.8, 4) is 0 Å². The van der Waals surface area contributed by atoms with E-state index >= 15 is 0 Å². The highest BCUT2D eigenvalue weighted by atomic mass is 31.2. The molecule has 0 saturated carbocycles. The number of carbonyl (C=O) groups is 4. The van der Waals surface area contributed by atoms with Crippen LogP contribution in [0.15, 0.2) is 158 Å². The summed E-state index contributed by atoms with van der Waals surface area (Å²) in [6.07, 6.45) is 93.5. The number of hydrogen-bond donors (Lipinski definition) is 3. The molecule has 5 atom stereocenters. The topological polar surface area (TPSA) is 237 Å². The summed E-state index contributed by atoms with van der Waals surface area (Å²) in [4.78, 5) is 73.2. The zero-order valence-corrected chi connectivity index (χ0v) is 69.3. The third-order valence-electron chi connectivity index (χ3n) is 17.0. The van der Waals surface area contributed by atoms with Crippen molar-refractivity contribution in [2.24, 2.45) is 0 Å². The van der Waals surface area contributed by atoms with Crippen molar-refractivity contribution in [1.29, 1.82) is 0 Å². The summed E-state index contributed by atoms with van der Waals surface area (Å²) in [5.74, 6) is -2.29. The van der Waals surface area contributed by atoms with Gasteiger partial charge in [-0.1, -0.05) is 288 Å². The largest absolute Gasteiger partial charge is 0.472 e. The van der Waals surface area contributed by atoms with Crippen LogP contribution in [-0.2, 0) is 65.4 Å². The smallest absolute Gasteiger partial charge is 0.462 e. The van der Waals surface area contributed by atoms with Crippen LogP contribution in [0.4, 0.5) is 0 Å². The van der Waals surface area contributed by atoms with E-state index in [9.17, 15) is 43.2 Å². The van der Waals surface area contributed by atoms with E-state index in [-0.39, 0.29) is 25.7 Å². The second-order valence-electron chi connectivity index (χ2n) is 27.3. The van der Waals surface area contributed by atoms with Gasteiger partial charge in [-0.15, -0.1) is 0 Å². The second-order valence-corrected chi connectivity index (χ2v) is 30.2. The Morgan fingerprint density at radius 3 is 0.778 bits per heavy atom. The summed E-state index contributed by atoms with van der Waals surface area (Å²) in [7, 11) is -10.0. The fraction of sp³-hybridized carbons (Fsp3) is 0.663. The second kappa shape index (κ2) is 79.8. The Balaban J connectivity index is 5.46. The normalized spacial score (nSPS) is 14.6. The summed E-state index contributed by atoms with van der Waals surface area (Å²) in [6, 6.07) is 0. The van der Waals surface area contributed by atoms with E-state index in [1.807, 2.05) is 12.2 Å². The number of aliphatic hydroxyl groups is 1. The standard InChI is InChI=1S/C89H148O17P2/c1-5-9-13-17-21-25-29-33-37-40-41-44-47-50-54-58-62-66-70-74-87(92)100-80-85(106-89(94)76-72-68-64-60-56-52-48-43-39-35-31-27-23-19-15-11-7-3)82-104-108(97,98)102-78-83(90)77-101-107(95,96)103-81-84(105-88(93)75-71-67-63-59-55-51-45-36-32-28-24-20-16-12-8-4)79-99-86(91)73-69-65-61-57-53-49-46-42-38-34-30-26-22-18-14-10-6-2/h10-11,14-15,21-28,33-39,41,44-45,48,52,60,64,83-85,90H,5-9,12-13,16-20,29-32,40,42-43,46-47,49-51,53-59,61-63,65-82H2,1-4H3,(H,95,96)(H,97,98)/b14-10-,15-11-,25-21-,26-22-,27-23-,28-24-,37-33-,38-34-,39-35-,44-41-,45-36-,52-48-,64-60-. The number of phosphoric ester groups is 2. The minimum absolute atomic E-state index is 0.00858. The number of aliphatic hydroxyl groups excluding tert-OH is 1. The van der Waals surface area contributed by atoms with Gasteiger partial charge >= 0.3 is 39.5 Å². The number of rotatable bonds is 77. The first kappa shape index (κ1) is 103. The molecule has 0 bridgehead atoms. The number of carbonyl (C=O) groups excluding carboxylic acids is 4. The molecule has 0 radical (unpaired) electrons. The molecule has 0 aromatic heterocycles. The molecule has 0 rings (SSSR count). The number of allylic oxidation sites excluding steroid dienone is 26. The predicted molar refractivity (Wildman–Crippen MR) is 445 cm³/mol. The van der Waals surface area contributed by atoms with Crippen LogP contribution in [-0.4, -0.2) is 96.7 Å². The Morgan fingerprint density at radius 1 is 0.269 bits per heavy atom. The van der Waals surface area contributed by atoms with Crippen LogP contribution in [0, 0.1) is 0 Å². The van der Waals surface area contributed by atoms with Crippen LogP contribution in [0.5, 0.6) is 0 Å². The van der Waals surface area contributed by atoms with Gasteiger partial charge in [-0.05, 0) is 167 Å². The number of esters is 4. The molecule has 17 nitrogen and oxygen atoms in total. The first-order valence-corrected chi connectivity index (χ1v) is 44.7. The molecule has 19 heteroatoms. The summed E-state index contributed by atoms with van der Waals surface area (Å²) < 4.78 is 68.7. The number of phosphoric acid groups is 2. The molecule has 0 aliphatic heterocycles. The third kappa shape index (κ3) is 78.8. The predicted octanol–water partition coefficient (Wildman–Crippen LogP) is 24.8. The lowest BCUT2D eigenvalue weighted by Gasteiger charge is -2.21. The first-order valence-electron chi connectivity index (χ1n) is 41.7. The van der Waals surface area contributed by atoms with E-state index in [4.69, 9.17) is 37.0 Å². The first-order chi connectivity index (χ1) is 52.7. The molecule has 0 heterocycles. The maximum absolute atomic E-state index is 13.1. The van der Waals surface area contributed by atoms with Crippen LogP contribution < -0.4 is 0 Å². The zero-order chi connectivity index (χ0) is 78.9. The van der Waals surface area contributed by atoms with Gasteiger partial charge in [-0.25, -0.2) is 9.13 Å². The molecule has 0 amide bonds. The molecule has 0 aliphatic carbocycles. The number of hydrogen-bond acceptors (Lipinski definition) is 15. The van der Waals surface area contributed by atoms with Gasteiger partial charge in [0.05, 0.1) is 26.4 Å². The maximum atomic E-state index is 13.1. The maximum Gasteiger partial charge on any atom is 0.472 e. The molecule has 3 N–H and O–H groups in total. The highest BCUT2D eigenvalue weighted by molar-refractivity contribution is 7.47. The van der Waals surface area contributed by atoms with E-state index in [2.05, 4.69) is 174 Å². The average Bonchev–Trinajstić information content (AvgIpc) is 0.900. The molecule has 5 unspecified atom stereocenters. The third-order valence-corrected chi connectivity index (χ3v) is 18.9. The minimum Gasteiger partial charge on any atom is -0.462 e. The van der Waals surface area contributed by atoms with Gasteiger partial charge < -0.3 is 33.8 Å². The highest BCUT2D eigenvalue weighted by Gasteiger charge is 2.30. The van der Waals surface area contributed by atoms with Crippen LogP contribution in [0.1, 0.15) is 323 Å². The average molecular weight is 1550 g/mol. The monoisotopic (exact) mass is 1550 g/mol. The van der Waals surface area contributed by atoms with Crippen molar-refractivity contribution in [2.45, 2.75) is 341 Å². The molecule has 0 spiro atoms. The Bertz CT molecular complexity index is 2660. The van der Waals surface area contributed by atoms with E-state index in [0.29, 0.717) is 32.1 Å². The van der Waals surface area contributed by atoms with E-state index in [1.165, 1.54) is 38.5 Å². The molecule has 0 saturated heterocycles. The summed E-state index contributed by atoms with van der Waals surface area (Å²) in [5.41, 5.74) is 0. The van der Waals surface area contributed by atoms with Gasteiger partial charge in [-0.2, -0.15) is 0 Å². The molecule has 0 aromatic carbocycles. The summed E-state index contributed by atoms with van der Waals surface area (Å²) in [6.45, 7) is 4.51. The fourth-order valence-corrected chi connectivity index (χ4v) is 12.2. The Labute approximate surface area is 655 Å². The lowest BCUT2D eigenvalue weighted by molar-refractivity contribution is -0.161. The summed E-state index contributed by atoms with van der Waals surface area (Å²) in [5, 5.41) is 10.7. The van der Waals surface area contributed by atoms with Gasteiger partial charge in [0, 0.05) is 25.7 Å². The zero-order valence-electron chi connectivity index (χ0n) is 67.5. The Kier molecular flexibility index (Phi) is 75.8. The highest BCUT2D eigenvalue weighted by Crippen LogP contribution is 2.45. The lowest BCUT2D eigenvalue weighted by Crippen LogP contribution is -2.30. The van der Waals surface area contributed by atoms with Gasteiger partial charge in [0.25, 0.3) is 0 Å². The molecule has 108 heavy (non-hydrogen) atoms. The van der Waals surface area contributed by atoms with Crippen LogP contribution in [0.2, 0.25) is 0 Å². The molecule has 0 aliphatic rings. The van der Waals surface area contributed by atoms with E-state index < -0.39 is 97.5 Å². The number of ether oxygens (including phenoxy) is 4. The molecule has 616 valence electrons. The summed E-state index contributed by atoms with van der Waals surface area (Å²) >= 11 is 0. The lowest BCUT2D eigenvalue weighted by atomic mass is 10.1. The van der Waals surface area contributed by atoms with Crippen LogP contribution in [0.3, 0.4) is 0 Å². The molecular formula is C89H148O17P2. The van der Waals surface area contributed by atoms with Crippen LogP contribution in [0.25, 0.3) is 0 Å². The molecular weight excluding hydrogens is 1400 g/mol. The van der Waals surface area contributed by atoms with Crippen molar-refractivity contribution >= 4 is 39.5 Å². The van der Waals surface area contributed by atoms with Crippen molar-refractivity contribution in [3.63, 3.8) is 0 Å². The van der Waals surface area contributed by atoms with Crippen molar-refractivity contribution < 1.29 is 80.2 Å². The van der Waals surface area contributed by atoms with Gasteiger partial charge in [0.2, 0.25) is 0 Å².